The molecule has 0 saturated carbocycles. The van der Waals surface area contributed by atoms with Crippen molar-refractivity contribution in [1.29, 1.82) is 0 Å². The standard InChI is InChI=1S/C14H13FN2O5S/c1-9-3-4-10(15)7-12(9)16-23(20,21)14-6-5-11(17(18)19)8-13(14)22-2/h3-8,16H,1-2H3. The van der Waals surface area contributed by atoms with Gasteiger partial charge in [-0.25, -0.2) is 12.8 Å². The Morgan fingerprint density at radius 1 is 1.22 bits per heavy atom. The first kappa shape index (κ1) is 16.7. The van der Waals surface area contributed by atoms with Crippen LogP contribution in [0.2, 0.25) is 0 Å². The Kier molecular flexibility index (Phi) is 4.50. The molecule has 0 spiro atoms. The van der Waals surface area contributed by atoms with E-state index in [2.05, 4.69) is 4.72 Å². The molecule has 2 rings (SSSR count). The molecule has 0 amide bonds. The Bertz CT molecular complexity index is 867. The highest BCUT2D eigenvalue weighted by atomic mass is 32.2. The summed E-state index contributed by atoms with van der Waals surface area (Å²) in [4.78, 5) is 9.80. The molecule has 1 N–H and O–H groups in total. The normalized spacial score (nSPS) is 11.1. The molecule has 2 aromatic rings. The second-order valence-corrected chi connectivity index (χ2v) is 6.31. The average molecular weight is 340 g/mol. The zero-order valence-electron chi connectivity index (χ0n) is 12.2. The number of anilines is 1. The van der Waals surface area contributed by atoms with E-state index in [4.69, 9.17) is 4.74 Å². The van der Waals surface area contributed by atoms with Crippen LogP contribution in [0.4, 0.5) is 15.8 Å². The van der Waals surface area contributed by atoms with Gasteiger partial charge in [-0.3, -0.25) is 14.8 Å². The Labute approximate surface area is 131 Å². The molecule has 0 aromatic heterocycles. The first-order chi connectivity index (χ1) is 10.7. The van der Waals surface area contributed by atoms with Gasteiger partial charge < -0.3 is 4.74 Å². The van der Waals surface area contributed by atoms with Gasteiger partial charge in [0.2, 0.25) is 0 Å². The van der Waals surface area contributed by atoms with Crippen LogP contribution < -0.4 is 9.46 Å². The number of nitro groups is 1. The molecule has 0 bridgehead atoms. The van der Waals surface area contributed by atoms with Crippen molar-refractivity contribution < 1.29 is 22.5 Å². The van der Waals surface area contributed by atoms with Crippen LogP contribution in [0.25, 0.3) is 0 Å². The summed E-state index contributed by atoms with van der Waals surface area (Å²) in [6.07, 6.45) is 0. The average Bonchev–Trinajstić information content (AvgIpc) is 2.49. The quantitative estimate of drug-likeness (QED) is 0.666. The third kappa shape index (κ3) is 3.57. The third-order valence-electron chi connectivity index (χ3n) is 3.09. The molecule has 0 aliphatic heterocycles. The zero-order chi connectivity index (χ0) is 17.2. The molecule has 23 heavy (non-hydrogen) atoms. The van der Waals surface area contributed by atoms with Gasteiger partial charge >= 0.3 is 0 Å². The van der Waals surface area contributed by atoms with E-state index < -0.39 is 20.8 Å². The highest BCUT2D eigenvalue weighted by Crippen LogP contribution is 2.30. The Morgan fingerprint density at radius 2 is 1.91 bits per heavy atom. The number of sulfonamides is 1. The Morgan fingerprint density at radius 3 is 2.52 bits per heavy atom. The van der Waals surface area contributed by atoms with Crippen molar-refractivity contribution >= 4 is 21.4 Å². The number of hydrogen-bond acceptors (Lipinski definition) is 5. The van der Waals surface area contributed by atoms with Crippen LogP contribution in [0, 0.1) is 22.9 Å². The molecule has 0 radical (unpaired) electrons. The lowest BCUT2D eigenvalue weighted by atomic mass is 10.2. The molecule has 0 fully saturated rings. The molecular weight excluding hydrogens is 327 g/mol. The number of rotatable bonds is 5. The van der Waals surface area contributed by atoms with Crippen LogP contribution in [-0.2, 0) is 10.0 Å². The van der Waals surface area contributed by atoms with Crippen molar-refractivity contribution in [2.45, 2.75) is 11.8 Å². The van der Waals surface area contributed by atoms with E-state index in [9.17, 15) is 22.9 Å². The first-order valence-electron chi connectivity index (χ1n) is 6.36. The van der Waals surface area contributed by atoms with Gasteiger partial charge in [0.05, 0.1) is 23.8 Å². The van der Waals surface area contributed by atoms with Crippen LogP contribution in [0.15, 0.2) is 41.3 Å². The van der Waals surface area contributed by atoms with E-state index >= 15 is 0 Å². The summed E-state index contributed by atoms with van der Waals surface area (Å²) in [5, 5.41) is 10.7. The summed E-state index contributed by atoms with van der Waals surface area (Å²) in [6, 6.07) is 6.81. The van der Waals surface area contributed by atoms with Crippen molar-refractivity contribution in [1.82, 2.24) is 0 Å². The van der Waals surface area contributed by atoms with Gasteiger partial charge in [0.1, 0.15) is 16.5 Å². The number of nitro benzene ring substituents is 1. The van der Waals surface area contributed by atoms with E-state index in [1.807, 2.05) is 0 Å². The van der Waals surface area contributed by atoms with Crippen molar-refractivity contribution in [3.05, 3.63) is 57.9 Å². The summed E-state index contributed by atoms with van der Waals surface area (Å²) in [5.74, 6) is -0.773. The minimum absolute atomic E-state index is 0.0744. The first-order valence-corrected chi connectivity index (χ1v) is 7.84. The van der Waals surface area contributed by atoms with Gasteiger partial charge in [-0.1, -0.05) is 6.07 Å². The largest absolute Gasteiger partial charge is 0.495 e. The molecular formula is C14H13FN2O5S. The van der Waals surface area contributed by atoms with Crippen molar-refractivity contribution in [3.63, 3.8) is 0 Å². The number of methoxy groups -OCH3 is 1. The lowest BCUT2D eigenvalue weighted by Gasteiger charge is -2.13. The fourth-order valence-electron chi connectivity index (χ4n) is 1.90. The number of non-ortho nitro benzene ring substituents is 1. The number of halogens is 1. The van der Waals surface area contributed by atoms with Crippen LogP contribution in [0.3, 0.4) is 0 Å². The monoisotopic (exact) mass is 340 g/mol. The van der Waals surface area contributed by atoms with Crippen LogP contribution in [0.1, 0.15) is 5.56 Å². The highest BCUT2D eigenvalue weighted by Gasteiger charge is 2.23. The number of nitrogens with zero attached hydrogens (tertiary/aromatic N) is 1. The summed E-state index contributed by atoms with van der Waals surface area (Å²) < 4.78 is 45.3. The molecule has 0 heterocycles. The summed E-state index contributed by atoms with van der Waals surface area (Å²) in [7, 11) is -2.90. The smallest absolute Gasteiger partial charge is 0.273 e. The van der Waals surface area contributed by atoms with Gasteiger partial charge in [0.15, 0.2) is 0 Å². The van der Waals surface area contributed by atoms with Gasteiger partial charge in [-0.15, -0.1) is 0 Å². The van der Waals surface area contributed by atoms with Crippen molar-refractivity contribution in [2.75, 3.05) is 11.8 Å². The number of ether oxygens (including phenoxy) is 1. The van der Waals surface area contributed by atoms with Gasteiger partial charge in [0.25, 0.3) is 15.7 Å². The highest BCUT2D eigenvalue weighted by molar-refractivity contribution is 7.92. The lowest BCUT2D eigenvalue weighted by Crippen LogP contribution is -2.15. The van der Waals surface area contributed by atoms with Crippen LogP contribution in [0.5, 0.6) is 5.75 Å². The van der Waals surface area contributed by atoms with E-state index in [0.29, 0.717) is 5.56 Å². The second-order valence-electron chi connectivity index (χ2n) is 4.66. The molecule has 7 nitrogen and oxygen atoms in total. The number of benzene rings is 2. The topological polar surface area (TPSA) is 98.5 Å². The molecule has 0 unspecified atom stereocenters. The minimum atomic E-state index is -4.10. The Hall–Kier alpha value is -2.68. The lowest BCUT2D eigenvalue weighted by molar-refractivity contribution is -0.385. The van der Waals surface area contributed by atoms with E-state index in [0.717, 1.165) is 24.3 Å². The number of hydrogen-bond donors (Lipinski definition) is 1. The second kappa shape index (κ2) is 6.21. The molecule has 122 valence electrons. The molecule has 0 aliphatic carbocycles. The van der Waals surface area contributed by atoms with Gasteiger partial charge in [-0.05, 0) is 30.7 Å². The number of nitrogens with one attached hydrogen (secondary N) is 1. The van der Waals surface area contributed by atoms with Crippen molar-refractivity contribution in [3.8, 4) is 5.75 Å². The van der Waals surface area contributed by atoms with Crippen LogP contribution >= 0.6 is 0 Å². The van der Waals surface area contributed by atoms with Crippen LogP contribution in [-0.4, -0.2) is 20.5 Å². The van der Waals surface area contributed by atoms with Crippen molar-refractivity contribution in [2.24, 2.45) is 0 Å². The third-order valence-corrected chi connectivity index (χ3v) is 4.50. The molecule has 0 aliphatic rings. The minimum Gasteiger partial charge on any atom is -0.495 e. The van der Waals surface area contributed by atoms with Gasteiger partial charge in [-0.2, -0.15) is 0 Å². The summed E-state index contributed by atoms with van der Waals surface area (Å²) >= 11 is 0. The molecule has 0 atom stereocenters. The fraction of sp³-hybridized carbons (Fsp3) is 0.143. The van der Waals surface area contributed by atoms with E-state index in [1.165, 1.54) is 19.2 Å². The zero-order valence-corrected chi connectivity index (χ0v) is 13.1. The summed E-state index contributed by atoms with van der Waals surface area (Å²) in [6.45, 7) is 1.62. The maximum absolute atomic E-state index is 13.3. The SMILES string of the molecule is COc1cc([N+](=O)[O-])ccc1S(=O)(=O)Nc1cc(F)ccc1C. The molecule has 9 heteroatoms. The molecule has 2 aromatic carbocycles. The maximum Gasteiger partial charge on any atom is 0.273 e. The number of aryl methyl sites for hydroxylation is 1. The predicted molar refractivity (Wildman–Crippen MR) is 81.6 cm³/mol. The van der Waals surface area contributed by atoms with Gasteiger partial charge in [0, 0.05) is 6.07 Å². The van der Waals surface area contributed by atoms with E-state index in [-0.39, 0.29) is 22.0 Å². The van der Waals surface area contributed by atoms with E-state index in [1.54, 1.807) is 6.92 Å². The molecule has 0 saturated heterocycles. The maximum atomic E-state index is 13.3. The Balaban J connectivity index is 2.47. The fourth-order valence-corrected chi connectivity index (χ4v) is 3.17. The predicted octanol–water partition coefficient (Wildman–Crippen LogP) is 2.85. The summed E-state index contributed by atoms with van der Waals surface area (Å²) in [5.41, 5.74) is 0.295.